The summed E-state index contributed by atoms with van der Waals surface area (Å²) in [6.45, 7) is 4.65. The first kappa shape index (κ1) is 19.0. The minimum absolute atomic E-state index is 0.250. The van der Waals surface area contributed by atoms with Gasteiger partial charge in [-0.25, -0.2) is 22.7 Å². The average Bonchev–Trinajstić information content (AvgIpc) is 3.16. The Morgan fingerprint density at radius 3 is 2.96 bits per heavy atom. The number of hydrogen-bond donors (Lipinski definition) is 1. The molecule has 28 heavy (non-hydrogen) atoms. The summed E-state index contributed by atoms with van der Waals surface area (Å²) in [7, 11) is -3.22. The molecule has 1 fully saturated rings. The predicted octanol–water partition coefficient (Wildman–Crippen LogP) is 3.01. The van der Waals surface area contributed by atoms with Crippen molar-refractivity contribution in [2.75, 3.05) is 13.1 Å². The van der Waals surface area contributed by atoms with Gasteiger partial charge in [-0.2, -0.15) is 0 Å². The number of piperidine rings is 1. The number of nitrogens with zero attached hydrogens (tertiary/aromatic N) is 4. The molecule has 0 saturated carbocycles. The van der Waals surface area contributed by atoms with Crippen LogP contribution in [0.1, 0.15) is 32.4 Å². The molecule has 7 nitrogen and oxygen atoms in total. The van der Waals surface area contributed by atoms with E-state index in [1.165, 1.54) is 0 Å². The van der Waals surface area contributed by atoms with E-state index in [0.717, 1.165) is 47.4 Å². The Labute approximate surface area is 165 Å². The van der Waals surface area contributed by atoms with Gasteiger partial charge in [0, 0.05) is 31.0 Å². The van der Waals surface area contributed by atoms with Crippen LogP contribution in [0, 0.1) is 5.92 Å². The molecule has 3 aromatic rings. The summed E-state index contributed by atoms with van der Waals surface area (Å²) < 4.78 is 26.8. The van der Waals surface area contributed by atoms with Gasteiger partial charge in [0.1, 0.15) is 5.52 Å². The predicted molar refractivity (Wildman–Crippen MR) is 109 cm³/mol. The van der Waals surface area contributed by atoms with E-state index < -0.39 is 10.0 Å². The molecular weight excluding hydrogens is 374 g/mol. The molecule has 1 aliphatic heterocycles. The summed E-state index contributed by atoms with van der Waals surface area (Å²) in [5.74, 6) is 0.250. The summed E-state index contributed by atoms with van der Waals surface area (Å²) in [4.78, 5) is 16.8. The Hall–Kier alpha value is -2.32. The molecule has 0 aliphatic carbocycles. The van der Waals surface area contributed by atoms with E-state index >= 15 is 0 Å². The van der Waals surface area contributed by atoms with Crippen LogP contribution >= 0.6 is 0 Å². The number of aromatic amines is 1. The molecule has 4 heterocycles. The van der Waals surface area contributed by atoms with Crippen molar-refractivity contribution in [3.05, 3.63) is 42.5 Å². The van der Waals surface area contributed by atoms with Crippen molar-refractivity contribution >= 4 is 21.2 Å². The van der Waals surface area contributed by atoms with Gasteiger partial charge < -0.3 is 4.98 Å². The maximum atomic E-state index is 12.6. The zero-order valence-electron chi connectivity index (χ0n) is 16.2. The maximum Gasteiger partial charge on any atom is 0.216 e. The van der Waals surface area contributed by atoms with Crippen LogP contribution in [0.25, 0.3) is 22.4 Å². The Morgan fingerprint density at radius 2 is 2.14 bits per heavy atom. The first-order valence-corrected chi connectivity index (χ1v) is 11.2. The van der Waals surface area contributed by atoms with Crippen molar-refractivity contribution in [3.63, 3.8) is 0 Å². The second kappa shape index (κ2) is 7.60. The molecule has 0 spiro atoms. The molecule has 0 radical (unpaired) electrons. The largest absolute Gasteiger partial charge is 0.345 e. The Balaban J connectivity index is 1.59. The van der Waals surface area contributed by atoms with Gasteiger partial charge in [0.25, 0.3) is 0 Å². The second-order valence-corrected chi connectivity index (χ2v) is 10.1. The lowest BCUT2D eigenvalue weighted by Crippen LogP contribution is -2.43. The SMILES string of the molecule is CC(C)S(=O)(=O)N1CCC[C@@H](Cc2ncccc2-c2cnc3[nH]ccc3n2)C1. The fraction of sp³-hybridized carbons (Fsp3) is 0.450. The summed E-state index contributed by atoms with van der Waals surface area (Å²) in [6.07, 6.45) is 7.98. The zero-order valence-corrected chi connectivity index (χ0v) is 17.0. The highest BCUT2D eigenvalue weighted by Gasteiger charge is 2.31. The Morgan fingerprint density at radius 1 is 1.29 bits per heavy atom. The van der Waals surface area contributed by atoms with Crippen LogP contribution in [-0.2, 0) is 16.4 Å². The van der Waals surface area contributed by atoms with Crippen molar-refractivity contribution in [3.8, 4) is 11.3 Å². The van der Waals surface area contributed by atoms with Crippen LogP contribution in [-0.4, -0.2) is 51.0 Å². The molecule has 0 amide bonds. The van der Waals surface area contributed by atoms with Crippen molar-refractivity contribution < 1.29 is 8.42 Å². The van der Waals surface area contributed by atoms with Gasteiger partial charge in [0.2, 0.25) is 10.0 Å². The molecule has 1 N–H and O–H groups in total. The van der Waals surface area contributed by atoms with E-state index in [9.17, 15) is 8.42 Å². The molecule has 8 heteroatoms. The van der Waals surface area contributed by atoms with Gasteiger partial charge in [0.05, 0.1) is 22.8 Å². The Kier molecular flexibility index (Phi) is 5.16. The number of H-pyrrole nitrogens is 1. The standard InChI is InChI=1S/C20H25N5O2S/c1-14(2)28(26,27)25-10-4-5-15(13-25)11-18-16(6-3-8-21-18)19-12-23-20-17(24-19)7-9-22-20/h3,6-9,12,14-15H,4-5,10-11,13H2,1-2H3,(H,22,23)/t15-/m0/s1. The lowest BCUT2D eigenvalue weighted by Gasteiger charge is -2.33. The van der Waals surface area contributed by atoms with E-state index in [1.807, 2.05) is 24.4 Å². The molecule has 4 rings (SSSR count). The quantitative estimate of drug-likeness (QED) is 0.712. The number of rotatable bonds is 5. The monoisotopic (exact) mass is 399 g/mol. The average molecular weight is 400 g/mol. The van der Waals surface area contributed by atoms with Gasteiger partial charge in [-0.15, -0.1) is 0 Å². The second-order valence-electron chi connectivity index (χ2n) is 7.63. The highest BCUT2D eigenvalue weighted by Crippen LogP contribution is 2.28. The molecule has 1 atom stereocenters. The van der Waals surface area contributed by atoms with E-state index in [2.05, 4.69) is 15.0 Å². The smallest absolute Gasteiger partial charge is 0.216 e. The molecule has 0 aromatic carbocycles. The van der Waals surface area contributed by atoms with Crippen LogP contribution in [0.5, 0.6) is 0 Å². The molecule has 1 saturated heterocycles. The molecule has 0 unspecified atom stereocenters. The first-order valence-electron chi connectivity index (χ1n) is 9.68. The van der Waals surface area contributed by atoms with Crippen molar-refractivity contribution in [2.24, 2.45) is 5.92 Å². The molecule has 148 valence electrons. The summed E-state index contributed by atoms with van der Waals surface area (Å²) in [6, 6.07) is 5.81. The topological polar surface area (TPSA) is 91.8 Å². The number of hydrogen-bond acceptors (Lipinski definition) is 5. The van der Waals surface area contributed by atoms with Gasteiger partial charge in [-0.3, -0.25) is 4.98 Å². The molecule has 0 bridgehead atoms. The number of nitrogens with one attached hydrogen (secondary N) is 1. The molecule has 1 aliphatic rings. The van der Waals surface area contributed by atoms with Gasteiger partial charge in [-0.05, 0) is 57.2 Å². The molecular formula is C20H25N5O2S. The maximum absolute atomic E-state index is 12.6. The van der Waals surface area contributed by atoms with Crippen LogP contribution in [0.2, 0.25) is 0 Å². The van der Waals surface area contributed by atoms with E-state index in [-0.39, 0.29) is 11.2 Å². The minimum atomic E-state index is -3.22. The zero-order chi connectivity index (χ0) is 19.7. The highest BCUT2D eigenvalue weighted by molar-refractivity contribution is 7.89. The van der Waals surface area contributed by atoms with Crippen molar-refractivity contribution in [2.45, 2.75) is 38.4 Å². The third kappa shape index (κ3) is 3.66. The minimum Gasteiger partial charge on any atom is -0.345 e. The lowest BCUT2D eigenvalue weighted by atomic mass is 9.92. The number of sulfonamides is 1. The van der Waals surface area contributed by atoms with Crippen LogP contribution in [0.3, 0.4) is 0 Å². The summed E-state index contributed by atoms with van der Waals surface area (Å²) in [5, 5.41) is -0.389. The third-order valence-electron chi connectivity index (χ3n) is 5.35. The van der Waals surface area contributed by atoms with E-state index in [4.69, 9.17) is 4.98 Å². The van der Waals surface area contributed by atoms with Gasteiger partial charge in [-0.1, -0.05) is 0 Å². The first-order chi connectivity index (χ1) is 13.4. The fourth-order valence-electron chi connectivity index (χ4n) is 3.79. The van der Waals surface area contributed by atoms with Gasteiger partial charge >= 0.3 is 0 Å². The Bertz CT molecular complexity index is 1080. The van der Waals surface area contributed by atoms with Gasteiger partial charge in [0.15, 0.2) is 5.65 Å². The fourth-order valence-corrected chi connectivity index (χ4v) is 5.19. The summed E-state index contributed by atoms with van der Waals surface area (Å²) in [5.41, 5.74) is 4.27. The number of aromatic nitrogens is 4. The summed E-state index contributed by atoms with van der Waals surface area (Å²) >= 11 is 0. The van der Waals surface area contributed by atoms with Crippen molar-refractivity contribution in [1.82, 2.24) is 24.2 Å². The van der Waals surface area contributed by atoms with Crippen LogP contribution < -0.4 is 0 Å². The number of fused-ring (bicyclic) bond motifs is 1. The van der Waals surface area contributed by atoms with E-state index in [1.54, 1.807) is 30.5 Å². The highest BCUT2D eigenvalue weighted by atomic mass is 32.2. The number of pyridine rings is 1. The third-order valence-corrected chi connectivity index (χ3v) is 7.59. The molecule has 3 aromatic heterocycles. The normalized spacial score (nSPS) is 18.8. The lowest BCUT2D eigenvalue weighted by molar-refractivity contribution is 0.263. The van der Waals surface area contributed by atoms with Crippen LogP contribution in [0.4, 0.5) is 0 Å². The van der Waals surface area contributed by atoms with Crippen LogP contribution in [0.15, 0.2) is 36.8 Å². The van der Waals surface area contributed by atoms with E-state index in [0.29, 0.717) is 13.1 Å². The van der Waals surface area contributed by atoms with Crippen molar-refractivity contribution in [1.29, 1.82) is 0 Å².